The van der Waals surface area contributed by atoms with E-state index >= 15 is 0 Å². The summed E-state index contributed by atoms with van der Waals surface area (Å²) in [6, 6.07) is 4.00. The van der Waals surface area contributed by atoms with Crippen molar-refractivity contribution in [1.82, 2.24) is 19.7 Å². The molecule has 5 nitrogen and oxygen atoms in total. The molecule has 0 atom stereocenters. The van der Waals surface area contributed by atoms with Gasteiger partial charge in [-0.3, -0.25) is 9.58 Å². The third-order valence-corrected chi connectivity index (χ3v) is 4.19. The van der Waals surface area contributed by atoms with Crippen LogP contribution in [0.2, 0.25) is 0 Å². The van der Waals surface area contributed by atoms with Crippen LogP contribution in [0.3, 0.4) is 0 Å². The highest BCUT2D eigenvalue weighted by molar-refractivity contribution is 9.10. The molecule has 3 heterocycles. The number of anilines is 1. The van der Waals surface area contributed by atoms with Crippen LogP contribution in [0.15, 0.2) is 35.2 Å². The van der Waals surface area contributed by atoms with E-state index in [4.69, 9.17) is 0 Å². The van der Waals surface area contributed by atoms with Crippen LogP contribution in [0.25, 0.3) is 0 Å². The van der Waals surface area contributed by atoms with E-state index in [1.807, 2.05) is 36.3 Å². The molecule has 20 heavy (non-hydrogen) atoms. The second-order valence-corrected chi connectivity index (χ2v) is 5.95. The first-order valence-electron chi connectivity index (χ1n) is 6.78. The van der Waals surface area contributed by atoms with Gasteiger partial charge in [0, 0.05) is 57.7 Å². The molecule has 1 aliphatic heterocycles. The minimum Gasteiger partial charge on any atom is -0.353 e. The summed E-state index contributed by atoms with van der Waals surface area (Å²) in [5.41, 5.74) is 1.28. The fourth-order valence-corrected chi connectivity index (χ4v) is 3.05. The van der Waals surface area contributed by atoms with Crippen molar-refractivity contribution in [3.8, 4) is 0 Å². The average Bonchev–Trinajstić information content (AvgIpc) is 2.86. The zero-order valence-corrected chi connectivity index (χ0v) is 13.1. The van der Waals surface area contributed by atoms with Crippen molar-refractivity contribution < 1.29 is 0 Å². The zero-order valence-electron chi connectivity index (χ0n) is 11.5. The Morgan fingerprint density at radius 1 is 1.25 bits per heavy atom. The van der Waals surface area contributed by atoms with Gasteiger partial charge in [0.1, 0.15) is 5.82 Å². The topological polar surface area (TPSA) is 37.2 Å². The quantitative estimate of drug-likeness (QED) is 0.858. The summed E-state index contributed by atoms with van der Waals surface area (Å²) in [6.07, 6.45) is 5.88. The monoisotopic (exact) mass is 335 g/mol. The Labute approximate surface area is 127 Å². The van der Waals surface area contributed by atoms with E-state index in [0.29, 0.717) is 0 Å². The van der Waals surface area contributed by atoms with E-state index in [9.17, 15) is 0 Å². The molecule has 0 radical (unpaired) electrons. The van der Waals surface area contributed by atoms with E-state index in [1.54, 1.807) is 0 Å². The van der Waals surface area contributed by atoms with Gasteiger partial charge in [0.2, 0.25) is 0 Å². The molecule has 1 aliphatic rings. The van der Waals surface area contributed by atoms with Crippen molar-refractivity contribution in [2.24, 2.45) is 7.05 Å². The Bertz CT molecular complexity index is 574. The number of piperazine rings is 1. The Morgan fingerprint density at radius 2 is 2.05 bits per heavy atom. The molecular formula is C14H18BrN5. The molecule has 1 saturated heterocycles. The Kier molecular flexibility index (Phi) is 4.03. The van der Waals surface area contributed by atoms with Crippen molar-refractivity contribution in [3.63, 3.8) is 0 Å². The van der Waals surface area contributed by atoms with Gasteiger partial charge in [-0.2, -0.15) is 5.10 Å². The lowest BCUT2D eigenvalue weighted by Gasteiger charge is -2.35. The largest absolute Gasteiger partial charge is 0.353 e. The lowest BCUT2D eigenvalue weighted by molar-refractivity contribution is 0.249. The molecule has 0 amide bonds. The normalized spacial score (nSPS) is 16.6. The number of hydrogen-bond donors (Lipinski definition) is 0. The highest BCUT2D eigenvalue weighted by atomic mass is 79.9. The molecule has 0 saturated carbocycles. The van der Waals surface area contributed by atoms with Crippen LogP contribution in [0.5, 0.6) is 0 Å². The molecule has 2 aromatic heterocycles. The molecule has 0 N–H and O–H groups in total. The molecule has 6 heteroatoms. The van der Waals surface area contributed by atoms with E-state index in [0.717, 1.165) is 43.0 Å². The molecule has 0 aliphatic carbocycles. The van der Waals surface area contributed by atoms with Gasteiger partial charge in [0.15, 0.2) is 0 Å². The van der Waals surface area contributed by atoms with Crippen LogP contribution in [-0.2, 0) is 13.6 Å². The van der Waals surface area contributed by atoms with Crippen LogP contribution < -0.4 is 4.90 Å². The molecule has 0 spiro atoms. The van der Waals surface area contributed by atoms with Crippen molar-refractivity contribution in [2.75, 3.05) is 31.1 Å². The first-order chi connectivity index (χ1) is 9.72. The van der Waals surface area contributed by atoms with Crippen molar-refractivity contribution >= 4 is 21.7 Å². The molecular weight excluding hydrogens is 318 g/mol. The minimum absolute atomic E-state index is 0.977. The minimum atomic E-state index is 0.977. The lowest BCUT2D eigenvalue weighted by atomic mass is 10.2. The summed E-state index contributed by atoms with van der Waals surface area (Å²) in [5, 5.41) is 4.22. The summed E-state index contributed by atoms with van der Waals surface area (Å²) < 4.78 is 2.93. The Hall–Kier alpha value is -1.40. The summed E-state index contributed by atoms with van der Waals surface area (Å²) in [7, 11) is 1.96. The number of hydrogen-bond acceptors (Lipinski definition) is 4. The van der Waals surface area contributed by atoms with Gasteiger partial charge in [0.05, 0.1) is 10.7 Å². The van der Waals surface area contributed by atoms with E-state index < -0.39 is 0 Å². The molecule has 2 aromatic rings. The number of pyridine rings is 1. The van der Waals surface area contributed by atoms with Crippen LogP contribution in [-0.4, -0.2) is 45.8 Å². The predicted molar refractivity (Wildman–Crippen MR) is 82.6 cm³/mol. The summed E-state index contributed by atoms with van der Waals surface area (Å²) >= 11 is 3.57. The van der Waals surface area contributed by atoms with E-state index in [1.165, 1.54) is 5.56 Å². The van der Waals surface area contributed by atoms with Crippen LogP contribution >= 0.6 is 15.9 Å². The fraction of sp³-hybridized carbons (Fsp3) is 0.429. The summed E-state index contributed by atoms with van der Waals surface area (Å²) in [6.45, 7) is 5.10. The molecule has 3 rings (SSSR count). The highest BCUT2D eigenvalue weighted by Gasteiger charge is 2.19. The van der Waals surface area contributed by atoms with Gasteiger partial charge in [-0.1, -0.05) is 0 Å². The molecule has 106 valence electrons. The first kappa shape index (κ1) is 13.6. The molecule has 1 fully saturated rings. The fourth-order valence-electron chi connectivity index (χ4n) is 2.54. The zero-order chi connectivity index (χ0) is 13.9. The number of halogens is 1. The first-order valence-corrected chi connectivity index (χ1v) is 7.57. The average molecular weight is 336 g/mol. The van der Waals surface area contributed by atoms with Gasteiger partial charge in [-0.15, -0.1) is 0 Å². The maximum atomic E-state index is 4.46. The van der Waals surface area contributed by atoms with Crippen LogP contribution in [0.1, 0.15) is 5.56 Å². The van der Waals surface area contributed by atoms with Crippen LogP contribution in [0, 0.1) is 0 Å². The Balaban J connectivity index is 1.58. The maximum Gasteiger partial charge on any atom is 0.142 e. The maximum absolute atomic E-state index is 4.46. The van der Waals surface area contributed by atoms with Gasteiger partial charge >= 0.3 is 0 Å². The van der Waals surface area contributed by atoms with Gasteiger partial charge in [-0.05, 0) is 28.1 Å². The lowest BCUT2D eigenvalue weighted by Crippen LogP contribution is -2.46. The number of aromatic nitrogens is 3. The predicted octanol–water partition coefficient (Wildman–Crippen LogP) is 1.90. The number of rotatable bonds is 3. The van der Waals surface area contributed by atoms with Crippen LogP contribution in [0.4, 0.5) is 5.82 Å². The molecule has 0 aromatic carbocycles. The highest BCUT2D eigenvalue weighted by Crippen LogP contribution is 2.24. The smallest absolute Gasteiger partial charge is 0.142 e. The second-order valence-electron chi connectivity index (χ2n) is 5.09. The summed E-state index contributed by atoms with van der Waals surface area (Å²) in [4.78, 5) is 9.26. The van der Waals surface area contributed by atoms with E-state index in [-0.39, 0.29) is 0 Å². The van der Waals surface area contributed by atoms with E-state index in [2.05, 4.69) is 42.0 Å². The summed E-state index contributed by atoms with van der Waals surface area (Å²) in [5.74, 6) is 1.05. The third-order valence-electron chi connectivity index (χ3n) is 3.58. The van der Waals surface area contributed by atoms with Gasteiger partial charge in [0.25, 0.3) is 0 Å². The van der Waals surface area contributed by atoms with Gasteiger partial charge < -0.3 is 4.90 Å². The van der Waals surface area contributed by atoms with Crippen molar-refractivity contribution in [3.05, 3.63) is 40.8 Å². The molecule has 0 unspecified atom stereocenters. The standard InChI is InChI=1S/C14H18BrN5/c1-18-10-12(9-17-18)11-19-5-7-20(8-6-19)14-13(15)3-2-4-16-14/h2-4,9-10H,5-8,11H2,1H3. The second kappa shape index (κ2) is 5.93. The van der Waals surface area contributed by atoms with Gasteiger partial charge in [-0.25, -0.2) is 4.98 Å². The van der Waals surface area contributed by atoms with Crippen molar-refractivity contribution in [2.45, 2.75) is 6.54 Å². The third kappa shape index (κ3) is 3.02. The molecule has 0 bridgehead atoms. The number of aryl methyl sites for hydroxylation is 1. The number of nitrogens with zero attached hydrogens (tertiary/aromatic N) is 5. The Morgan fingerprint density at radius 3 is 2.70 bits per heavy atom. The SMILES string of the molecule is Cn1cc(CN2CCN(c3ncccc3Br)CC2)cn1. The van der Waals surface area contributed by atoms with Crippen molar-refractivity contribution in [1.29, 1.82) is 0 Å².